The maximum absolute atomic E-state index is 14.6. The number of H-pyrrole nitrogens is 2. The topological polar surface area (TPSA) is 86.4 Å². The number of rotatable bonds is 5. The van der Waals surface area contributed by atoms with Crippen molar-refractivity contribution in [1.29, 1.82) is 0 Å². The number of imidazole rings is 1. The Hall–Kier alpha value is -4.43. The third kappa shape index (κ3) is 4.13. The summed E-state index contributed by atoms with van der Waals surface area (Å²) in [6.45, 7) is 3.20. The number of likely N-dealkylation sites (tertiary alicyclic amines) is 1. The van der Waals surface area contributed by atoms with Gasteiger partial charge in [0.2, 0.25) is 0 Å². The first-order chi connectivity index (χ1) is 18.7. The van der Waals surface area contributed by atoms with Crippen molar-refractivity contribution < 1.29 is 4.39 Å². The van der Waals surface area contributed by atoms with Crippen molar-refractivity contribution in [3.8, 4) is 33.8 Å². The third-order valence-corrected chi connectivity index (χ3v) is 7.30. The number of halogens is 1. The zero-order chi connectivity index (χ0) is 25.5. The Bertz CT molecular complexity index is 1760. The summed E-state index contributed by atoms with van der Waals surface area (Å²) in [5.41, 5.74) is 7.30. The minimum absolute atomic E-state index is 0.278. The first kappa shape index (κ1) is 22.7. The van der Waals surface area contributed by atoms with E-state index in [-0.39, 0.29) is 5.82 Å². The van der Waals surface area contributed by atoms with Gasteiger partial charge in [0.1, 0.15) is 11.5 Å². The predicted octanol–water partition coefficient (Wildman–Crippen LogP) is 6.36. The average molecular weight is 504 g/mol. The highest BCUT2D eigenvalue weighted by Crippen LogP contribution is 2.33. The number of benzene rings is 2. The van der Waals surface area contributed by atoms with Gasteiger partial charge >= 0.3 is 0 Å². The fraction of sp³-hybridized carbons (Fsp3) is 0.200. The standard InChI is InChI=1S/C30H26FN7/c31-25-9-3-2-7-22(25)23-8-6-10-26-27(23)35-30(34-26)28-24-14-21(17-33-29(24)37-36-28)20-13-19(15-32-16-20)18-38-11-4-1-5-12-38/h2-3,6-10,13-17H,1,4-5,11-12,18H2,(H,34,35)(H,33,36,37). The molecule has 1 fully saturated rings. The molecule has 0 radical (unpaired) electrons. The summed E-state index contributed by atoms with van der Waals surface area (Å²) in [5, 5.41) is 8.42. The second-order valence-electron chi connectivity index (χ2n) is 9.88. The van der Waals surface area contributed by atoms with E-state index in [9.17, 15) is 4.39 Å². The van der Waals surface area contributed by atoms with Crippen molar-refractivity contribution in [2.24, 2.45) is 0 Å². The number of pyridine rings is 2. The fourth-order valence-electron chi connectivity index (χ4n) is 5.39. The maximum atomic E-state index is 14.6. The Morgan fingerprint density at radius 1 is 0.868 bits per heavy atom. The van der Waals surface area contributed by atoms with Crippen molar-refractivity contribution >= 4 is 22.1 Å². The van der Waals surface area contributed by atoms with Gasteiger partial charge in [-0.25, -0.2) is 14.4 Å². The van der Waals surface area contributed by atoms with Gasteiger partial charge in [0.25, 0.3) is 0 Å². The number of piperidine rings is 1. The normalized spacial score (nSPS) is 14.4. The lowest BCUT2D eigenvalue weighted by Gasteiger charge is -2.26. The van der Waals surface area contributed by atoms with Crippen LogP contribution in [-0.4, -0.2) is 48.1 Å². The molecule has 0 saturated carbocycles. The molecule has 1 saturated heterocycles. The summed E-state index contributed by atoms with van der Waals surface area (Å²) in [6.07, 6.45) is 9.53. The van der Waals surface area contributed by atoms with E-state index >= 15 is 0 Å². The van der Waals surface area contributed by atoms with Crippen LogP contribution in [0, 0.1) is 5.82 Å². The highest BCUT2D eigenvalue weighted by molar-refractivity contribution is 5.97. The van der Waals surface area contributed by atoms with E-state index in [1.165, 1.54) is 30.9 Å². The van der Waals surface area contributed by atoms with Gasteiger partial charge in [-0.15, -0.1) is 0 Å². The summed E-state index contributed by atoms with van der Waals surface area (Å²) in [4.78, 5) is 19.9. The van der Waals surface area contributed by atoms with Crippen LogP contribution in [0.15, 0.2) is 73.2 Å². The molecule has 7 nitrogen and oxygen atoms in total. The minimum Gasteiger partial charge on any atom is -0.337 e. The van der Waals surface area contributed by atoms with Crippen LogP contribution in [0.2, 0.25) is 0 Å². The van der Waals surface area contributed by atoms with Crippen LogP contribution in [-0.2, 0) is 6.54 Å². The van der Waals surface area contributed by atoms with E-state index in [4.69, 9.17) is 4.98 Å². The van der Waals surface area contributed by atoms with E-state index in [2.05, 4.69) is 42.2 Å². The summed E-state index contributed by atoms with van der Waals surface area (Å²) in [7, 11) is 0. The summed E-state index contributed by atoms with van der Waals surface area (Å²) >= 11 is 0. The van der Waals surface area contributed by atoms with Gasteiger partial charge in [0.05, 0.1) is 16.4 Å². The van der Waals surface area contributed by atoms with E-state index in [1.807, 2.05) is 42.9 Å². The quantitative estimate of drug-likeness (QED) is 0.286. The third-order valence-electron chi connectivity index (χ3n) is 7.30. The van der Waals surface area contributed by atoms with E-state index in [0.717, 1.165) is 47.2 Å². The molecule has 8 heteroatoms. The monoisotopic (exact) mass is 503 g/mol. The van der Waals surface area contributed by atoms with E-state index in [0.29, 0.717) is 28.2 Å². The van der Waals surface area contributed by atoms with Crippen LogP contribution in [0.3, 0.4) is 0 Å². The van der Waals surface area contributed by atoms with Crippen LogP contribution >= 0.6 is 0 Å². The molecule has 1 aliphatic rings. The molecule has 0 amide bonds. The molecular weight excluding hydrogens is 477 g/mol. The number of aromatic amines is 2. The molecule has 1 aliphatic heterocycles. The highest BCUT2D eigenvalue weighted by Gasteiger charge is 2.18. The SMILES string of the molecule is Fc1ccccc1-c1cccc2[nH]c(-c3n[nH]c4ncc(-c5cncc(CN6CCCCC6)c5)cc34)nc12. The van der Waals surface area contributed by atoms with Gasteiger partial charge in [-0.05, 0) is 55.8 Å². The Balaban J connectivity index is 1.26. The van der Waals surface area contributed by atoms with Crippen molar-refractivity contribution in [2.45, 2.75) is 25.8 Å². The summed E-state index contributed by atoms with van der Waals surface area (Å²) in [6, 6.07) is 16.8. The molecule has 2 N–H and O–H groups in total. The molecule has 0 spiro atoms. The molecule has 0 atom stereocenters. The van der Waals surface area contributed by atoms with Gasteiger partial charge in [-0.3, -0.25) is 15.0 Å². The Kier molecular flexibility index (Phi) is 5.66. The lowest BCUT2D eigenvalue weighted by atomic mass is 10.0. The molecule has 2 aromatic carbocycles. The Morgan fingerprint density at radius 2 is 1.71 bits per heavy atom. The number of hydrogen-bond donors (Lipinski definition) is 2. The molecule has 188 valence electrons. The average Bonchev–Trinajstić information content (AvgIpc) is 3.58. The van der Waals surface area contributed by atoms with Crippen molar-refractivity contribution in [1.82, 2.24) is 35.0 Å². The number of nitrogens with zero attached hydrogens (tertiary/aromatic N) is 5. The van der Waals surface area contributed by atoms with Gasteiger partial charge < -0.3 is 4.98 Å². The van der Waals surface area contributed by atoms with Crippen LogP contribution < -0.4 is 0 Å². The first-order valence-corrected chi connectivity index (χ1v) is 13.0. The molecule has 38 heavy (non-hydrogen) atoms. The van der Waals surface area contributed by atoms with E-state index < -0.39 is 0 Å². The highest BCUT2D eigenvalue weighted by atomic mass is 19.1. The Labute approximate surface area is 218 Å². The van der Waals surface area contributed by atoms with Crippen LogP contribution in [0.1, 0.15) is 24.8 Å². The van der Waals surface area contributed by atoms with Gasteiger partial charge in [-0.2, -0.15) is 5.10 Å². The molecule has 5 heterocycles. The van der Waals surface area contributed by atoms with Gasteiger partial charge in [0, 0.05) is 47.4 Å². The van der Waals surface area contributed by atoms with Gasteiger partial charge in [0.15, 0.2) is 11.5 Å². The van der Waals surface area contributed by atoms with Crippen molar-refractivity contribution in [3.05, 3.63) is 84.6 Å². The molecule has 0 aliphatic carbocycles. The van der Waals surface area contributed by atoms with Crippen molar-refractivity contribution in [2.75, 3.05) is 13.1 Å². The fourth-order valence-corrected chi connectivity index (χ4v) is 5.39. The van der Waals surface area contributed by atoms with Crippen LogP contribution in [0.4, 0.5) is 4.39 Å². The van der Waals surface area contributed by atoms with Gasteiger partial charge in [-0.1, -0.05) is 36.8 Å². The Morgan fingerprint density at radius 3 is 2.61 bits per heavy atom. The lowest BCUT2D eigenvalue weighted by Crippen LogP contribution is -2.29. The zero-order valence-electron chi connectivity index (χ0n) is 20.8. The number of fused-ring (bicyclic) bond motifs is 2. The molecule has 6 aromatic rings. The van der Waals surface area contributed by atoms with E-state index in [1.54, 1.807) is 12.1 Å². The largest absolute Gasteiger partial charge is 0.337 e. The number of nitrogens with one attached hydrogen (secondary N) is 2. The second-order valence-corrected chi connectivity index (χ2v) is 9.88. The predicted molar refractivity (Wildman–Crippen MR) is 147 cm³/mol. The van der Waals surface area contributed by atoms with Crippen LogP contribution in [0.25, 0.3) is 55.8 Å². The summed E-state index contributed by atoms with van der Waals surface area (Å²) in [5.74, 6) is 0.325. The smallest absolute Gasteiger partial charge is 0.159 e. The molecule has 7 rings (SSSR count). The second kappa shape index (κ2) is 9.46. The van der Waals surface area contributed by atoms with Crippen molar-refractivity contribution in [3.63, 3.8) is 0 Å². The number of para-hydroxylation sites is 1. The molecular formula is C30H26FN7. The number of hydrogen-bond acceptors (Lipinski definition) is 5. The molecule has 0 bridgehead atoms. The number of aromatic nitrogens is 6. The minimum atomic E-state index is -0.278. The molecule has 0 unspecified atom stereocenters. The maximum Gasteiger partial charge on any atom is 0.159 e. The van der Waals surface area contributed by atoms with Crippen LogP contribution in [0.5, 0.6) is 0 Å². The summed E-state index contributed by atoms with van der Waals surface area (Å²) < 4.78 is 14.6. The first-order valence-electron chi connectivity index (χ1n) is 13.0. The molecule has 4 aromatic heterocycles. The lowest BCUT2D eigenvalue weighted by molar-refractivity contribution is 0.220. The zero-order valence-corrected chi connectivity index (χ0v) is 20.8.